The Balaban J connectivity index is 1.82. The third kappa shape index (κ3) is 4.57. The van der Waals surface area contributed by atoms with Crippen LogP contribution in [0.1, 0.15) is 25.3 Å². The summed E-state index contributed by atoms with van der Waals surface area (Å²) in [4.78, 5) is 25.1. The predicted molar refractivity (Wildman–Crippen MR) is 106 cm³/mol. The van der Waals surface area contributed by atoms with Crippen molar-refractivity contribution in [3.8, 4) is 11.5 Å². The van der Waals surface area contributed by atoms with E-state index in [1.54, 1.807) is 24.3 Å². The molecule has 2 aromatic carbocycles. The minimum Gasteiger partial charge on any atom is -0.495 e. The number of rotatable bonds is 8. The fraction of sp³-hybridized carbons (Fsp3) is 0.300. The molecule has 1 N–H and O–H groups in total. The average molecular weight is 418 g/mol. The molecule has 2 aromatic rings. The maximum atomic E-state index is 12.7. The van der Waals surface area contributed by atoms with Gasteiger partial charge in [0.25, 0.3) is 0 Å². The molecule has 2 amide bonds. The van der Waals surface area contributed by atoms with Crippen LogP contribution in [0.4, 0.5) is 5.69 Å². The van der Waals surface area contributed by atoms with Gasteiger partial charge in [-0.05, 0) is 42.8 Å². The fourth-order valence-electron chi connectivity index (χ4n) is 2.99. The summed E-state index contributed by atoms with van der Waals surface area (Å²) in [6, 6.07) is 11.2. The molecule has 154 valence electrons. The van der Waals surface area contributed by atoms with Gasteiger partial charge in [0.1, 0.15) is 11.5 Å². The SMILES string of the molecule is CCOc1ccc(CNS(=O)(=O)c2ccc(OC)c(N3C(=O)CCC3=O)c2)cc1. The predicted octanol–water partition coefficient (Wildman–Crippen LogP) is 2.23. The van der Waals surface area contributed by atoms with Crippen molar-refractivity contribution in [1.29, 1.82) is 0 Å². The van der Waals surface area contributed by atoms with Crippen molar-refractivity contribution in [3.63, 3.8) is 0 Å². The lowest BCUT2D eigenvalue weighted by atomic mass is 10.2. The van der Waals surface area contributed by atoms with E-state index < -0.39 is 10.0 Å². The van der Waals surface area contributed by atoms with Crippen LogP contribution in [0.5, 0.6) is 11.5 Å². The first kappa shape index (κ1) is 20.8. The molecule has 29 heavy (non-hydrogen) atoms. The van der Waals surface area contributed by atoms with Gasteiger partial charge in [-0.25, -0.2) is 18.0 Å². The number of carbonyl (C=O) groups is 2. The molecule has 1 aliphatic heterocycles. The first-order valence-electron chi connectivity index (χ1n) is 9.11. The maximum absolute atomic E-state index is 12.7. The monoisotopic (exact) mass is 418 g/mol. The van der Waals surface area contributed by atoms with Crippen LogP contribution in [0.3, 0.4) is 0 Å². The summed E-state index contributed by atoms with van der Waals surface area (Å²) in [6.07, 6.45) is 0.184. The van der Waals surface area contributed by atoms with E-state index in [4.69, 9.17) is 9.47 Å². The number of hydrogen-bond donors (Lipinski definition) is 1. The Morgan fingerprint density at radius 3 is 2.28 bits per heavy atom. The van der Waals surface area contributed by atoms with Gasteiger partial charge in [0.05, 0.1) is 24.3 Å². The maximum Gasteiger partial charge on any atom is 0.240 e. The Bertz CT molecular complexity index is 1000. The molecular formula is C20H22N2O6S. The number of methoxy groups -OCH3 is 1. The first-order chi connectivity index (χ1) is 13.9. The number of carbonyl (C=O) groups excluding carboxylic acids is 2. The lowest BCUT2D eigenvalue weighted by molar-refractivity contribution is -0.121. The Kier molecular flexibility index (Phi) is 6.19. The van der Waals surface area contributed by atoms with E-state index in [2.05, 4.69) is 4.72 Å². The van der Waals surface area contributed by atoms with Gasteiger partial charge < -0.3 is 9.47 Å². The largest absolute Gasteiger partial charge is 0.495 e. The van der Waals surface area contributed by atoms with Crippen LogP contribution in [0, 0.1) is 0 Å². The zero-order valence-electron chi connectivity index (χ0n) is 16.2. The Labute approximate surface area is 169 Å². The molecule has 0 aromatic heterocycles. The van der Waals surface area contributed by atoms with E-state index in [-0.39, 0.29) is 47.5 Å². The molecule has 1 saturated heterocycles. The minimum atomic E-state index is -3.88. The molecule has 8 nitrogen and oxygen atoms in total. The van der Waals surface area contributed by atoms with Crippen molar-refractivity contribution in [2.45, 2.75) is 31.2 Å². The van der Waals surface area contributed by atoms with Crippen molar-refractivity contribution in [2.24, 2.45) is 0 Å². The van der Waals surface area contributed by atoms with Crippen molar-refractivity contribution in [2.75, 3.05) is 18.6 Å². The van der Waals surface area contributed by atoms with Crippen molar-refractivity contribution < 1.29 is 27.5 Å². The van der Waals surface area contributed by atoms with Gasteiger partial charge >= 0.3 is 0 Å². The molecule has 0 bridgehead atoms. The van der Waals surface area contributed by atoms with Gasteiger partial charge in [0.15, 0.2) is 0 Å². The molecule has 9 heteroatoms. The minimum absolute atomic E-state index is 0.0632. The highest BCUT2D eigenvalue weighted by Crippen LogP contribution is 2.34. The highest BCUT2D eigenvalue weighted by Gasteiger charge is 2.33. The van der Waals surface area contributed by atoms with Gasteiger partial charge in [0, 0.05) is 19.4 Å². The molecule has 0 radical (unpaired) electrons. The number of benzene rings is 2. The highest BCUT2D eigenvalue weighted by molar-refractivity contribution is 7.89. The molecule has 1 heterocycles. The summed E-state index contributed by atoms with van der Waals surface area (Å²) in [6.45, 7) is 2.51. The van der Waals surface area contributed by atoms with Crippen LogP contribution in [-0.2, 0) is 26.2 Å². The van der Waals surface area contributed by atoms with Gasteiger partial charge in [-0.3, -0.25) is 9.59 Å². The number of amides is 2. The Morgan fingerprint density at radius 1 is 1.03 bits per heavy atom. The lowest BCUT2D eigenvalue weighted by Crippen LogP contribution is -2.29. The standard InChI is InChI=1S/C20H22N2O6S/c1-3-28-15-6-4-14(5-7-15)13-21-29(25,26)16-8-9-18(27-2)17(12-16)22-19(23)10-11-20(22)24/h4-9,12,21H,3,10-11,13H2,1-2H3. The summed E-state index contributed by atoms with van der Waals surface area (Å²) in [5.74, 6) is 0.188. The number of sulfonamides is 1. The number of anilines is 1. The fourth-order valence-corrected chi connectivity index (χ4v) is 4.03. The highest BCUT2D eigenvalue weighted by atomic mass is 32.2. The molecule has 0 saturated carbocycles. The van der Waals surface area contributed by atoms with E-state index in [1.165, 1.54) is 25.3 Å². The molecule has 0 unspecified atom stereocenters. The van der Waals surface area contributed by atoms with E-state index in [9.17, 15) is 18.0 Å². The van der Waals surface area contributed by atoms with E-state index in [1.807, 2.05) is 6.92 Å². The Hall–Kier alpha value is -2.91. The second-order valence-electron chi connectivity index (χ2n) is 6.36. The summed E-state index contributed by atoms with van der Waals surface area (Å²) in [7, 11) is -2.49. The third-order valence-corrected chi connectivity index (χ3v) is 5.85. The van der Waals surface area contributed by atoms with Gasteiger partial charge in [-0.1, -0.05) is 12.1 Å². The molecule has 1 aliphatic rings. The molecule has 1 fully saturated rings. The molecule has 3 rings (SSSR count). The zero-order chi connectivity index (χ0) is 21.0. The van der Waals surface area contributed by atoms with Crippen molar-refractivity contribution in [3.05, 3.63) is 48.0 Å². The van der Waals surface area contributed by atoms with Crippen molar-refractivity contribution >= 4 is 27.5 Å². The summed E-state index contributed by atoms with van der Waals surface area (Å²) in [5, 5.41) is 0. The Morgan fingerprint density at radius 2 is 1.69 bits per heavy atom. The normalized spacial score (nSPS) is 14.3. The van der Waals surface area contributed by atoms with Crippen LogP contribution in [-0.4, -0.2) is 33.9 Å². The molecule has 0 spiro atoms. The number of ether oxygens (including phenoxy) is 2. The molecule has 0 aliphatic carbocycles. The van der Waals surface area contributed by atoms with Gasteiger partial charge in [-0.2, -0.15) is 0 Å². The lowest BCUT2D eigenvalue weighted by Gasteiger charge is -2.18. The summed E-state index contributed by atoms with van der Waals surface area (Å²) >= 11 is 0. The second-order valence-corrected chi connectivity index (χ2v) is 8.13. The zero-order valence-corrected chi connectivity index (χ0v) is 17.0. The number of nitrogens with one attached hydrogen (secondary N) is 1. The van der Waals surface area contributed by atoms with Crippen LogP contribution < -0.4 is 19.1 Å². The number of imide groups is 1. The van der Waals surface area contributed by atoms with Crippen LogP contribution >= 0.6 is 0 Å². The third-order valence-electron chi connectivity index (χ3n) is 4.45. The quantitative estimate of drug-likeness (QED) is 0.660. The average Bonchev–Trinajstić information content (AvgIpc) is 3.05. The van der Waals surface area contributed by atoms with Crippen LogP contribution in [0.15, 0.2) is 47.4 Å². The molecule has 0 atom stereocenters. The van der Waals surface area contributed by atoms with Crippen molar-refractivity contribution in [1.82, 2.24) is 4.72 Å². The smallest absolute Gasteiger partial charge is 0.240 e. The summed E-state index contributed by atoms with van der Waals surface area (Å²) in [5.41, 5.74) is 0.889. The molecular weight excluding hydrogens is 396 g/mol. The van der Waals surface area contributed by atoms with Crippen LogP contribution in [0.2, 0.25) is 0 Å². The topological polar surface area (TPSA) is 102 Å². The summed E-state index contributed by atoms with van der Waals surface area (Å²) < 4.78 is 38.6. The van der Waals surface area contributed by atoms with Crippen LogP contribution in [0.25, 0.3) is 0 Å². The van der Waals surface area contributed by atoms with E-state index in [0.29, 0.717) is 12.4 Å². The number of nitrogens with zero attached hydrogens (tertiary/aromatic N) is 1. The second kappa shape index (κ2) is 8.62. The van der Waals surface area contributed by atoms with E-state index in [0.717, 1.165) is 10.5 Å². The van der Waals surface area contributed by atoms with Gasteiger partial charge in [0.2, 0.25) is 21.8 Å². The van der Waals surface area contributed by atoms with Gasteiger partial charge in [-0.15, -0.1) is 0 Å². The first-order valence-corrected chi connectivity index (χ1v) is 10.6. The van der Waals surface area contributed by atoms with E-state index >= 15 is 0 Å². The number of hydrogen-bond acceptors (Lipinski definition) is 6.